The topological polar surface area (TPSA) is 68.0 Å². The second kappa shape index (κ2) is 10.0. The largest absolute Gasteiger partial charge is 0.416 e. The van der Waals surface area contributed by atoms with Crippen LogP contribution in [0.3, 0.4) is 0 Å². The van der Waals surface area contributed by atoms with Gasteiger partial charge in [0.1, 0.15) is 5.82 Å². The van der Waals surface area contributed by atoms with Crippen molar-refractivity contribution in [1.82, 2.24) is 15.5 Å². The minimum absolute atomic E-state index is 0.107. The van der Waals surface area contributed by atoms with Crippen LogP contribution in [0.4, 0.5) is 4.39 Å². The summed E-state index contributed by atoms with van der Waals surface area (Å²) in [5.74, 6) is 0.676. The highest BCUT2D eigenvalue weighted by molar-refractivity contribution is 7.99. The Hall–Kier alpha value is -2.67. The summed E-state index contributed by atoms with van der Waals surface area (Å²) in [5, 5.41) is 11.3. The molecule has 0 spiro atoms. The molecule has 1 N–H and O–H groups in total. The van der Waals surface area contributed by atoms with Crippen molar-refractivity contribution in [2.45, 2.75) is 30.9 Å². The van der Waals surface area contributed by atoms with Crippen LogP contribution >= 0.6 is 11.8 Å². The minimum Gasteiger partial charge on any atom is -0.416 e. The summed E-state index contributed by atoms with van der Waals surface area (Å²) in [6.07, 6.45) is 1.31. The Morgan fingerprint density at radius 1 is 1.14 bits per heavy atom. The van der Waals surface area contributed by atoms with E-state index in [4.69, 9.17) is 4.42 Å². The summed E-state index contributed by atoms with van der Waals surface area (Å²) in [5.41, 5.74) is 2.19. The Balaban J connectivity index is 1.38. The van der Waals surface area contributed by atoms with Gasteiger partial charge < -0.3 is 9.73 Å². The van der Waals surface area contributed by atoms with Gasteiger partial charge in [-0.15, -0.1) is 10.2 Å². The number of aromatic nitrogens is 2. The van der Waals surface area contributed by atoms with Crippen molar-refractivity contribution in [3.63, 3.8) is 0 Å². The molecule has 3 aromatic rings. The molecule has 0 aliphatic heterocycles. The Morgan fingerprint density at radius 3 is 2.64 bits per heavy atom. The number of benzene rings is 2. The highest BCUT2D eigenvalue weighted by Gasteiger charge is 2.13. The number of carbonyl (C=O) groups is 1. The molecule has 1 amide bonds. The quantitative estimate of drug-likeness (QED) is 0.551. The van der Waals surface area contributed by atoms with Crippen molar-refractivity contribution in [2.24, 2.45) is 0 Å². The highest BCUT2D eigenvalue weighted by atomic mass is 32.2. The van der Waals surface area contributed by atoms with Gasteiger partial charge in [-0.25, -0.2) is 4.39 Å². The average Bonchev–Trinajstić information content (AvgIpc) is 3.16. The van der Waals surface area contributed by atoms with Gasteiger partial charge in [-0.1, -0.05) is 61.2 Å². The van der Waals surface area contributed by atoms with Crippen LogP contribution in [-0.4, -0.2) is 28.4 Å². The number of rotatable bonds is 9. The molecule has 1 heterocycles. The van der Waals surface area contributed by atoms with Crippen LogP contribution in [0.25, 0.3) is 0 Å². The lowest BCUT2D eigenvalue weighted by molar-refractivity contribution is -0.118. The molecule has 1 aromatic heterocycles. The molecule has 0 saturated carbocycles. The van der Waals surface area contributed by atoms with Gasteiger partial charge in [0.2, 0.25) is 11.8 Å². The van der Waals surface area contributed by atoms with Crippen molar-refractivity contribution < 1.29 is 13.6 Å². The summed E-state index contributed by atoms with van der Waals surface area (Å²) in [6.45, 7) is 2.61. The highest BCUT2D eigenvalue weighted by Crippen LogP contribution is 2.22. The number of amides is 1. The third-order valence-corrected chi connectivity index (χ3v) is 5.09. The van der Waals surface area contributed by atoms with E-state index in [1.807, 2.05) is 18.2 Å². The van der Waals surface area contributed by atoms with E-state index in [0.717, 1.165) is 5.56 Å². The van der Waals surface area contributed by atoms with E-state index in [-0.39, 0.29) is 23.4 Å². The van der Waals surface area contributed by atoms with Gasteiger partial charge in [0, 0.05) is 13.0 Å². The lowest BCUT2D eigenvalue weighted by atomic mass is 9.98. The fourth-order valence-electron chi connectivity index (χ4n) is 2.72. The number of hydrogen-bond donors (Lipinski definition) is 1. The normalized spacial score (nSPS) is 11.9. The average molecular weight is 399 g/mol. The van der Waals surface area contributed by atoms with Gasteiger partial charge in [-0.05, 0) is 35.6 Å². The molecule has 146 valence electrons. The Kier molecular flexibility index (Phi) is 7.19. The monoisotopic (exact) mass is 399 g/mol. The SMILES string of the molecule is CC(Cc1nnc(SCC(=O)NCCc2ccc(F)cc2)o1)c1ccccc1. The zero-order valence-electron chi connectivity index (χ0n) is 15.6. The zero-order valence-corrected chi connectivity index (χ0v) is 16.4. The van der Waals surface area contributed by atoms with Gasteiger partial charge in [0.25, 0.3) is 5.22 Å². The van der Waals surface area contributed by atoms with E-state index in [9.17, 15) is 9.18 Å². The van der Waals surface area contributed by atoms with Gasteiger partial charge >= 0.3 is 0 Å². The fraction of sp³-hybridized carbons (Fsp3) is 0.286. The molecule has 0 fully saturated rings. The van der Waals surface area contributed by atoms with Crippen LogP contribution in [0.15, 0.2) is 64.2 Å². The van der Waals surface area contributed by atoms with E-state index in [1.165, 1.54) is 29.5 Å². The number of nitrogens with zero attached hydrogens (tertiary/aromatic N) is 2. The minimum atomic E-state index is -0.263. The molecule has 28 heavy (non-hydrogen) atoms. The maximum atomic E-state index is 12.9. The van der Waals surface area contributed by atoms with E-state index in [0.29, 0.717) is 30.5 Å². The summed E-state index contributed by atoms with van der Waals surface area (Å²) in [7, 11) is 0. The first-order valence-corrected chi connectivity index (χ1v) is 10.1. The molecule has 7 heteroatoms. The van der Waals surface area contributed by atoms with E-state index in [1.54, 1.807) is 12.1 Å². The smallest absolute Gasteiger partial charge is 0.277 e. The number of carbonyl (C=O) groups excluding carboxylic acids is 1. The Labute approximate surface area is 167 Å². The molecule has 1 unspecified atom stereocenters. The molecule has 0 aliphatic rings. The lowest BCUT2D eigenvalue weighted by Crippen LogP contribution is -2.27. The van der Waals surface area contributed by atoms with Crippen molar-refractivity contribution in [1.29, 1.82) is 0 Å². The molecule has 0 saturated heterocycles. The van der Waals surface area contributed by atoms with Crippen molar-refractivity contribution in [3.05, 3.63) is 77.4 Å². The molecule has 1 atom stereocenters. The van der Waals surface area contributed by atoms with Crippen molar-refractivity contribution in [3.8, 4) is 0 Å². The molecule has 0 aliphatic carbocycles. The first-order chi connectivity index (χ1) is 13.6. The Bertz CT molecular complexity index is 884. The van der Waals surface area contributed by atoms with E-state index < -0.39 is 0 Å². The number of hydrogen-bond acceptors (Lipinski definition) is 5. The van der Waals surface area contributed by atoms with Gasteiger partial charge in [-0.3, -0.25) is 4.79 Å². The molecule has 3 rings (SSSR count). The van der Waals surface area contributed by atoms with Crippen molar-refractivity contribution >= 4 is 17.7 Å². The van der Waals surface area contributed by atoms with Crippen LogP contribution in [0.5, 0.6) is 0 Å². The van der Waals surface area contributed by atoms with Gasteiger partial charge in [0.05, 0.1) is 5.75 Å². The Morgan fingerprint density at radius 2 is 1.89 bits per heavy atom. The standard InChI is InChI=1S/C21H22FN3O2S/c1-15(17-5-3-2-4-6-17)13-20-24-25-21(27-20)28-14-19(26)23-12-11-16-7-9-18(22)10-8-16/h2-10,15H,11-14H2,1H3,(H,23,26). The lowest BCUT2D eigenvalue weighted by Gasteiger charge is -2.08. The molecule has 2 aromatic carbocycles. The van der Waals surface area contributed by atoms with Crippen LogP contribution in [-0.2, 0) is 17.6 Å². The molecule has 5 nitrogen and oxygen atoms in total. The molecule has 0 bridgehead atoms. The second-order valence-corrected chi connectivity index (χ2v) is 7.42. The maximum absolute atomic E-state index is 12.9. The zero-order chi connectivity index (χ0) is 19.8. The van der Waals surface area contributed by atoms with E-state index in [2.05, 4.69) is 34.6 Å². The second-order valence-electron chi connectivity index (χ2n) is 6.49. The first-order valence-electron chi connectivity index (χ1n) is 9.11. The predicted molar refractivity (Wildman–Crippen MR) is 107 cm³/mol. The number of thioether (sulfide) groups is 1. The summed E-state index contributed by atoms with van der Waals surface area (Å²) in [4.78, 5) is 11.9. The van der Waals surface area contributed by atoms with Gasteiger partial charge in [-0.2, -0.15) is 0 Å². The molecular weight excluding hydrogens is 377 g/mol. The van der Waals surface area contributed by atoms with Crippen LogP contribution in [0.2, 0.25) is 0 Å². The molecule has 0 radical (unpaired) electrons. The summed E-state index contributed by atoms with van der Waals surface area (Å²) < 4.78 is 18.5. The maximum Gasteiger partial charge on any atom is 0.277 e. The summed E-state index contributed by atoms with van der Waals surface area (Å²) in [6, 6.07) is 16.4. The molecular formula is C21H22FN3O2S. The van der Waals surface area contributed by atoms with Crippen molar-refractivity contribution in [2.75, 3.05) is 12.3 Å². The predicted octanol–water partition coefficient (Wildman–Crippen LogP) is 4.01. The number of halogens is 1. The van der Waals surface area contributed by atoms with Crippen LogP contribution in [0.1, 0.15) is 29.9 Å². The first kappa shape index (κ1) is 20.1. The third kappa shape index (κ3) is 6.20. The summed E-state index contributed by atoms with van der Waals surface area (Å²) >= 11 is 1.22. The van der Waals surface area contributed by atoms with Crippen LogP contribution < -0.4 is 5.32 Å². The third-order valence-electron chi connectivity index (χ3n) is 4.27. The van der Waals surface area contributed by atoms with Crippen LogP contribution in [0, 0.1) is 5.82 Å². The van der Waals surface area contributed by atoms with Gasteiger partial charge in [0.15, 0.2) is 0 Å². The fourth-order valence-corrected chi connectivity index (χ4v) is 3.33. The van der Waals surface area contributed by atoms with E-state index >= 15 is 0 Å². The number of nitrogens with one attached hydrogen (secondary N) is 1.